The molecule has 10 nitrogen and oxygen atoms in total. The number of carbonyl (C=O) groups is 4. The van der Waals surface area contributed by atoms with Gasteiger partial charge in [-0.15, -0.1) is 0 Å². The highest BCUT2D eigenvalue weighted by atomic mass is 32.2. The van der Waals surface area contributed by atoms with Crippen molar-refractivity contribution in [2.45, 2.75) is 74.6 Å². The first-order valence-corrected chi connectivity index (χ1v) is 16.5. The van der Waals surface area contributed by atoms with Crippen molar-refractivity contribution in [1.29, 1.82) is 0 Å². The van der Waals surface area contributed by atoms with Gasteiger partial charge in [0.25, 0.3) is 11.7 Å². The Hall–Kier alpha value is -4.29. The van der Waals surface area contributed by atoms with E-state index >= 15 is 8.78 Å². The lowest BCUT2D eigenvalue weighted by Gasteiger charge is -2.30. The Morgan fingerprint density at radius 3 is 1.94 bits per heavy atom. The molecule has 4 atom stereocenters. The molecule has 50 heavy (non-hydrogen) atoms. The van der Waals surface area contributed by atoms with Gasteiger partial charge >= 0.3 is 18.3 Å². The fourth-order valence-electron chi connectivity index (χ4n) is 5.31. The molecule has 1 heterocycles. The van der Waals surface area contributed by atoms with E-state index in [4.69, 9.17) is 4.74 Å². The number of methoxy groups -OCH3 is 1. The normalized spacial score (nSPS) is 18.4. The highest BCUT2D eigenvalue weighted by Crippen LogP contribution is 2.39. The maximum absolute atomic E-state index is 15.1. The van der Waals surface area contributed by atoms with Crippen LogP contribution in [-0.4, -0.2) is 80.0 Å². The Bertz CT molecular complexity index is 1700. The van der Waals surface area contributed by atoms with E-state index in [-0.39, 0.29) is 5.56 Å². The van der Waals surface area contributed by atoms with Crippen LogP contribution in [0.1, 0.15) is 43.9 Å². The van der Waals surface area contributed by atoms with E-state index in [2.05, 4.69) is 0 Å². The molecule has 1 fully saturated rings. The largest absolute Gasteiger partial charge is 0.497 e. The average Bonchev–Trinajstić information content (AvgIpc) is 3.49. The second-order valence-electron chi connectivity index (χ2n) is 11.9. The van der Waals surface area contributed by atoms with Gasteiger partial charge in [-0.3, -0.25) is 19.2 Å². The number of alkyl halides is 8. The van der Waals surface area contributed by atoms with Crippen LogP contribution in [0.25, 0.3) is 0 Å². The summed E-state index contributed by atoms with van der Waals surface area (Å²) in [6, 6.07) is 2.05. The number of Topliss-reactive ketones (excluding diaryl/α,β-unsaturated/α-hetero) is 1. The minimum atomic E-state index is -5.38. The van der Waals surface area contributed by atoms with Crippen LogP contribution in [0.15, 0.2) is 48.5 Å². The lowest BCUT2D eigenvalue weighted by Crippen LogP contribution is -2.57. The van der Waals surface area contributed by atoms with E-state index in [0.717, 1.165) is 19.1 Å². The maximum Gasteiger partial charge on any atom is 0.452 e. The van der Waals surface area contributed by atoms with Crippen molar-refractivity contribution in [1.82, 2.24) is 15.5 Å². The van der Waals surface area contributed by atoms with Gasteiger partial charge in [0.2, 0.25) is 11.8 Å². The molecule has 0 aromatic heterocycles. The zero-order chi connectivity index (χ0) is 38.0. The molecular weight excluding hydrogens is 710 g/mol. The van der Waals surface area contributed by atoms with E-state index in [9.17, 15) is 53.9 Å². The molecule has 2 N–H and O–H groups in total. The van der Waals surface area contributed by atoms with Gasteiger partial charge in [-0.2, -0.15) is 35.1 Å². The molecule has 2 aromatic carbocycles. The van der Waals surface area contributed by atoms with Gasteiger partial charge in [0.05, 0.1) is 29.7 Å². The number of benzene rings is 2. The number of hydrogen-bond donors (Lipinski definition) is 2. The molecule has 276 valence electrons. The topological polar surface area (TPSA) is 139 Å². The molecule has 0 bridgehead atoms. The summed E-state index contributed by atoms with van der Waals surface area (Å²) in [5.74, 6) is -13.6. The molecule has 2 aromatic rings. The number of hydrogen-bond acceptors (Lipinski definition) is 7. The van der Waals surface area contributed by atoms with Crippen LogP contribution < -0.4 is 15.4 Å². The minimum Gasteiger partial charge on any atom is -0.497 e. The molecule has 1 aliphatic rings. The summed E-state index contributed by atoms with van der Waals surface area (Å²) in [7, 11) is -2.88. The third-order valence-corrected chi connectivity index (χ3v) is 10.1. The zero-order valence-electron chi connectivity index (χ0n) is 26.9. The van der Waals surface area contributed by atoms with E-state index in [1.165, 1.54) is 45.2 Å². The second-order valence-corrected chi connectivity index (χ2v) is 14.2. The Morgan fingerprint density at radius 1 is 0.880 bits per heavy atom. The van der Waals surface area contributed by atoms with E-state index in [1.54, 1.807) is 5.32 Å². The molecule has 3 rings (SSSR count). The molecule has 0 saturated carbocycles. The lowest BCUT2D eigenvalue weighted by molar-refractivity contribution is -0.175. The number of amides is 3. The number of likely N-dealkylation sites (tertiary alicyclic amines) is 1. The summed E-state index contributed by atoms with van der Waals surface area (Å²) < 4.78 is 142. The van der Waals surface area contributed by atoms with Gasteiger partial charge in [-0.1, -0.05) is 44.2 Å². The monoisotopic (exact) mass is 743 g/mol. The number of halogens is 8. The predicted molar refractivity (Wildman–Crippen MR) is 160 cm³/mol. The Kier molecular flexibility index (Phi) is 12.0. The first-order chi connectivity index (χ1) is 22.9. The number of nitrogens with one attached hydrogen (secondary N) is 2. The first kappa shape index (κ1) is 40.1. The minimum absolute atomic E-state index is 0.259. The standard InChI is InChI=1S/C31H33F8N3O7S/c1-16(2)24(25(43)31(37,38)39)41-26(44)23-13-20(50(47,48)15-18-9-11-19(49-4)12-10-18)14-42(23)27(45)17(3)40-28(46)29(32,33)21-7-5-6-8-22(21)30(34,35)36/h5-12,16-17,20,23-24H,13-15H2,1-4H3,(H,40,46)(H,41,44)/t17-,20+,23-,24-/m0/s1. The maximum atomic E-state index is 15.1. The van der Waals surface area contributed by atoms with E-state index in [1.807, 2.05) is 5.32 Å². The predicted octanol–water partition coefficient (Wildman–Crippen LogP) is 4.17. The average molecular weight is 744 g/mol. The Labute approximate surface area is 281 Å². The van der Waals surface area contributed by atoms with Crippen molar-refractivity contribution in [3.63, 3.8) is 0 Å². The third kappa shape index (κ3) is 9.08. The summed E-state index contributed by atoms with van der Waals surface area (Å²) >= 11 is 0. The highest BCUT2D eigenvalue weighted by molar-refractivity contribution is 7.91. The van der Waals surface area contributed by atoms with E-state index in [0.29, 0.717) is 22.8 Å². The summed E-state index contributed by atoms with van der Waals surface area (Å²) in [6.07, 6.45) is -11.4. The zero-order valence-corrected chi connectivity index (χ0v) is 27.7. The molecule has 19 heteroatoms. The van der Waals surface area contributed by atoms with Crippen LogP contribution in [-0.2, 0) is 46.9 Å². The van der Waals surface area contributed by atoms with Crippen molar-refractivity contribution < 1.29 is 67.5 Å². The van der Waals surface area contributed by atoms with Gasteiger partial charge < -0.3 is 20.3 Å². The number of rotatable bonds is 12. The molecule has 0 radical (unpaired) electrons. The van der Waals surface area contributed by atoms with Gasteiger partial charge in [0, 0.05) is 12.1 Å². The number of carbonyl (C=O) groups excluding carboxylic acids is 4. The fraction of sp³-hybridized carbons (Fsp3) is 0.484. The van der Waals surface area contributed by atoms with Crippen LogP contribution in [0.5, 0.6) is 5.75 Å². The van der Waals surface area contributed by atoms with Crippen LogP contribution >= 0.6 is 0 Å². The summed E-state index contributed by atoms with van der Waals surface area (Å²) in [6.45, 7) is 2.42. The first-order valence-electron chi connectivity index (χ1n) is 14.8. The van der Waals surface area contributed by atoms with Crippen LogP contribution in [0.2, 0.25) is 0 Å². The number of sulfone groups is 1. The van der Waals surface area contributed by atoms with Crippen molar-refractivity contribution >= 4 is 33.3 Å². The third-order valence-electron chi connectivity index (χ3n) is 7.98. The fourth-order valence-corrected chi connectivity index (χ4v) is 7.06. The molecule has 0 aliphatic carbocycles. The molecule has 1 aliphatic heterocycles. The van der Waals surface area contributed by atoms with Crippen LogP contribution in [0, 0.1) is 5.92 Å². The van der Waals surface area contributed by atoms with Crippen molar-refractivity contribution in [3.05, 3.63) is 65.2 Å². The number of ketones is 1. The summed E-state index contributed by atoms with van der Waals surface area (Å²) in [4.78, 5) is 52.2. The SMILES string of the molecule is COc1ccc(CS(=O)(=O)[C@@H]2C[C@@H](C(=O)N[C@H](C(=O)C(F)(F)F)C(C)C)N(C(=O)[C@H](C)NC(=O)C(F)(F)c3ccccc3C(F)(F)F)C2)cc1. The molecule has 0 spiro atoms. The Balaban J connectivity index is 1.93. The molecule has 0 unspecified atom stereocenters. The Morgan fingerprint density at radius 2 is 1.44 bits per heavy atom. The van der Waals surface area contributed by atoms with Crippen molar-refractivity contribution in [2.24, 2.45) is 5.92 Å². The van der Waals surface area contributed by atoms with Gasteiger partial charge in [-0.25, -0.2) is 8.42 Å². The van der Waals surface area contributed by atoms with Crippen LogP contribution in [0.4, 0.5) is 35.1 Å². The molecule has 1 saturated heterocycles. The molecule has 3 amide bonds. The quantitative estimate of drug-likeness (QED) is 0.312. The molecular formula is C31H33F8N3O7S. The van der Waals surface area contributed by atoms with Crippen molar-refractivity contribution in [3.8, 4) is 5.75 Å². The smallest absolute Gasteiger partial charge is 0.452 e. The summed E-state index contributed by atoms with van der Waals surface area (Å²) in [5, 5.41) is 1.96. The van der Waals surface area contributed by atoms with Gasteiger partial charge in [-0.05, 0) is 43.0 Å². The van der Waals surface area contributed by atoms with Crippen molar-refractivity contribution in [2.75, 3.05) is 13.7 Å². The summed E-state index contributed by atoms with van der Waals surface area (Å²) in [5.41, 5.74) is -3.29. The highest BCUT2D eigenvalue weighted by Gasteiger charge is 2.51. The van der Waals surface area contributed by atoms with E-state index < -0.39 is 111 Å². The lowest BCUT2D eigenvalue weighted by atomic mass is 9.98. The number of nitrogens with zero attached hydrogens (tertiary/aromatic N) is 1. The van der Waals surface area contributed by atoms with Gasteiger partial charge in [0.1, 0.15) is 17.8 Å². The number of ether oxygens (including phenoxy) is 1. The van der Waals surface area contributed by atoms with Crippen LogP contribution in [0.3, 0.4) is 0 Å². The second kappa shape index (κ2) is 14.9. The van der Waals surface area contributed by atoms with Gasteiger partial charge in [0.15, 0.2) is 9.84 Å².